The molecule has 0 bridgehead atoms. The monoisotopic (exact) mass is 1230 g/mol. The van der Waals surface area contributed by atoms with Crippen molar-refractivity contribution in [1.29, 1.82) is 0 Å². The number of allylic oxidation sites excluding steroid dienone is 9. The van der Waals surface area contributed by atoms with Gasteiger partial charge in [-0.1, -0.05) is 203 Å². The molecule has 0 saturated carbocycles. The molecule has 0 aromatic rings. The molecule has 17 unspecified atom stereocenters. The number of carbonyl (C=O) groups is 1. The van der Waals surface area contributed by atoms with Crippen LogP contribution >= 0.6 is 0 Å². The van der Waals surface area contributed by atoms with Crippen LogP contribution < -0.4 is 5.32 Å². The third-order valence-electron chi connectivity index (χ3n) is 16.5. The minimum absolute atomic E-state index is 0.221. The largest absolute Gasteiger partial charge is 0.394 e. The summed E-state index contributed by atoms with van der Waals surface area (Å²) in [5.41, 5.74) is 0. The third kappa shape index (κ3) is 31.5. The number of carbonyl (C=O) groups excluding carboxylic acids is 1. The van der Waals surface area contributed by atoms with Gasteiger partial charge in [0.25, 0.3) is 0 Å². The summed E-state index contributed by atoms with van der Waals surface area (Å²) in [6, 6.07) is -1.00. The van der Waals surface area contributed by atoms with Crippen molar-refractivity contribution in [2.24, 2.45) is 0 Å². The number of amides is 1. The second-order valence-electron chi connectivity index (χ2n) is 23.9. The van der Waals surface area contributed by atoms with Gasteiger partial charge in [-0.25, -0.2) is 0 Å². The van der Waals surface area contributed by atoms with E-state index in [1.54, 1.807) is 6.08 Å². The molecule has 3 saturated heterocycles. The Kier molecular flexibility index (Phi) is 44.5. The predicted molar refractivity (Wildman–Crippen MR) is 332 cm³/mol. The molecule has 0 spiro atoms. The average molecular weight is 1230 g/mol. The van der Waals surface area contributed by atoms with E-state index in [4.69, 9.17) is 28.4 Å². The molecule has 0 aliphatic carbocycles. The number of rotatable bonds is 50. The molecule has 3 aliphatic rings. The highest BCUT2D eigenvalue weighted by atomic mass is 16.8. The van der Waals surface area contributed by atoms with E-state index in [1.165, 1.54) is 109 Å². The van der Waals surface area contributed by atoms with E-state index in [2.05, 4.69) is 67.8 Å². The van der Waals surface area contributed by atoms with Gasteiger partial charge in [-0.15, -0.1) is 0 Å². The predicted octanol–water partition coefficient (Wildman–Crippen LogP) is 7.99. The fraction of sp³-hybridized carbons (Fsp3) is 0.836. The van der Waals surface area contributed by atoms with Gasteiger partial charge < -0.3 is 89.9 Å². The molecule has 17 atom stereocenters. The quantitative estimate of drug-likeness (QED) is 0.0203. The summed E-state index contributed by atoms with van der Waals surface area (Å²) in [4.78, 5) is 13.4. The molecule has 3 heterocycles. The first-order valence-electron chi connectivity index (χ1n) is 33.5. The summed E-state index contributed by atoms with van der Waals surface area (Å²) < 4.78 is 34.3. The molecule has 19 nitrogen and oxygen atoms in total. The zero-order valence-electron chi connectivity index (χ0n) is 52.5. The lowest BCUT2D eigenvalue weighted by molar-refractivity contribution is -0.379. The maximum absolute atomic E-state index is 13.4. The number of ether oxygens (including phenoxy) is 6. The molecular formula is C67H119NO18. The van der Waals surface area contributed by atoms with E-state index in [1.807, 2.05) is 6.08 Å². The lowest BCUT2D eigenvalue weighted by Gasteiger charge is -2.48. The Morgan fingerprint density at radius 3 is 1.24 bits per heavy atom. The molecule has 0 aromatic heterocycles. The molecule has 0 radical (unpaired) electrons. The number of nitrogens with one attached hydrogen (secondary N) is 1. The van der Waals surface area contributed by atoms with Crippen LogP contribution in [-0.2, 0) is 33.2 Å². The summed E-state index contributed by atoms with van der Waals surface area (Å²) in [5, 5.41) is 120. The number of hydrogen-bond donors (Lipinski definition) is 12. The first-order valence-corrected chi connectivity index (χ1v) is 33.5. The lowest BCUT2D eigenvalue weighted by atomic mass is 9.96. The molecule has 500 valence electrons. The van der Waals surface area contributed by atoms with Gasteiger partial charge in [0.1, 0.15) is 73.2 Å². The second kappa shape index (κ2) is 49.2. The molecule has 1 amide bonds. The fourth-order valence-electron chi connectivity index (χ4n) is 11.0. The maximum Gasteiger partial charge on any atom is 0.220 e. The van der Waals surface area contributed by atoms with Crippen LogP contribution in [0.4, 0.5) is 0 Å². The van der Waals surface area contributed by atoms with E-state index in [0.717, 1.165) is 83.5 Å². The molecule has 3 aliphatic heterocycles. The number of unbranched alkanes of at least 4 members (excludes halogenated alkanes) is 26. The van der Waals surface area contributed by atoms with Crippen molar-refractivity contribution in [3.05, 3.63) is 60.8 Å². The van der Waals surface area contributed by atoms with Gasteiger partial charge in [-0.3, -0.25) is 4.79 Å². The Balaban J connectivity index is 1.49. The Hall–Kier alpha value is -2.51. The van der Waals surface area contributed by atoms with Crippen molar-refractivity contribution in [3.8, 4) is 0 Å². The van der Waals surface area contributed by atoms with Crippen LogP contribution in [0.2, 0.25) is 0 Å². The summed E-state index contributed by atoms with van der Waals surface area (Å²) in [7, 11) is 0. The van der Waals surface area contributed by atoms with Gasteiger partial charge in [-0.2, -0.15) is 0 Å². The molecule has 0 aromatic carbocycles. The van der Waals surface area contributed by atoms with Crippen molar-refractivity contribution in [2.45, 2.75) is 330 Å². The maximum atomic E-state index is 13.4. The standard InChI is InChI=1S/C67H119NO18/c1-3-5-7-9-11-13-15-17-19-21-23-24-25-26-27-28-30-32-34-36-38-40-42-44-51(72)50(68-55(73)45-43-41-39-37-35-33-31-29-22-20-18-16-14-12-10-8-6-4-2)49-81-65-61(79)58(76)63(53(47-70)83-65)86-67-62(80)59(77)64(54(48-71)84-67)85-66-60(78)57(75)56(74)52(46-69)82-66/h14,16,20,22,27-28,34,36,42,44,50-54,56-67,69-72,74-80H,3-13,15,17-19,21,23-26,29-33,35,37-41,43,45-49H2,1-2H3,(H,68,73)/b16-14-,22-20-,28-27+,36-34+,44-42+. The first kappa shape index (κ1) is 77.7. The van der Waals surface area contributed by atoms with Gasteiger partial charge in [0.05, 0.1) is 38.6 Å². The van der Waals surface area contributed by atoms with E-state index in [0.29, 0.717) is 12.8 Å². The topological polar surface area (TPSA) is 307 Å². The van der Waals surface area contributed by atoms with Crippen LogP contribution in [0.25, 0.3) is 0 Å². The molecule has 19 heteroatoms. The summed E-state index contributed by atoms with van der Waals surface area (Å²) in [5.74, 6) is -0.299. The van der Waals surface area contributed by atoms with Crippen LogP contribution in [0.5, 0.6) is 0 Å². The van der Waals surface area contributed by atoms with Crippen LogP contribution in [0.3, 0.4) is 0 Å². The van der Waals surface area contributed by atoms with Crippen LogP contribution in [-0.4, -0.2) is 193 Å². The van der Waals surface area contributed by atoms with Gasteiger partial charge in [0, 0.05) is 6.42 Å². The Labute approximate surface area is 515 Å². The smallest absolute Gasteiger partial charge is 0.220 e. The highest BCUT2D eigenvalue weighted by Gasteiger charge is 2.53. The summed E-state index contributed by atoms with van der Waals surface area (Å²) >= 11 is 0. The Morgan fingerprint density at radius 1 is 0.419 bits per heavy atom. The number of hydrogen-bond acceptors (Lipinski definition) is 18. The molecule has 86 heavy (non-hydrogen) atoms. The minimum atomic E-state index is -1.98. The van der Waals surface area contributed by atoms with Gasteiger partial charge in [0.15, 0.2) is 18.9 Å². The van der Waals surface area contributed by atoms with Crippen LogP contribution in [0, 0.1) is 0 Å². The SMILES string of the molecule is CCCCCC/C=C\C/C=C\CCCCCCCCCC(=O)NC(COC1OC(CO)C(OC2OC(CO)C(OC3OC(CO)C(O)C(O)C3O)C(O)C2O)C(O)C1O)C(O)/C=C/CC/C=C/CC/C=C/CCCCCCCCCCCCCCC. The minimum Gasteiger partial charge on any atom is -0.394 e. The highest BCUT2D eigenvalue weighted by Crippen LogP contribution is 2.33. The van der Waals surface area contributed by atoms with E-state index in [-0.39, 0.29) is 18.9 Å². The number of aliphatic hydroxyl groups excluding tert-OH is 11. The summed E-state index contributed by atoms with van der Waals surface area (Å²) in [6.45, 7) is 1.68. The first-order chi connectivity index (χ1) is 41.8. The fourth-order valence-corrected chi connectivity index (χ4v) is 11.0. The molecule has 3 rings (SSSR count). The van der Waals surface area contributed by atoms with Crippen molar-refractivity contribution in [2.75, 3.05) is 26.4 Å². The van der Waals surface area contributed by atoms with Gasteiger partial charge in [-0.05, 0) is 77.0 Å². The van der Waals surface area contributed by atoms with Crippen LogP contribution in [0.1, 0.15) is 226 Å². The Morgan fingerprint density at radius 2 is 0.779 bits per heavy atom. The van der Waals surface area contributed by atoms with Crippen molar-refractivity contribution in [1.82, 2.24) is 5.32 Å². The molecule has 12 N–H and O–H groups in total. The molecule has 3 fully saturated rings. The average Bonchev–Trinajstić information content (AvgIpc) is 2.53. The van der Waals surface area contributed by atoms with Gasteiger partial charge >= 0.3 is 0 Å². The van der Waals surface area contributed by atoms with Crippen LogP contribution in [0.15, 0.2) is 60.8 Å². The third-order valence-corrected chi connectivity index (χ3v) is 16.5. The van der Waals surface area contributed by atoms with E-state index >= 15 is 0 Å². The zero-order chi connectivity index (χ0) is 62.6. The van der Waals surface area contributed by atoms with E-state index < -0.39 is 124 Å². The zero-order valence-corrected chi connectivity index (χ0v) is 52.5. The molecular weight excluding hydrogens is 1110 g/mol. The Bertz CT molecular complexity index is 1800. The van der Waals surface area contributed by atoms with Gasteiger partial charge in [0.2, 0.25) is 5.91 Å². The normalized spacial score (nSPS) is 29.2. The lowest BCUT2D eigenvalue weighted by Crippen LogP contribution is -2.66. The van der Waals surface area contributed by atoms with Crippen molar-refractivity contribution < 1.29 is 89.4 Å². The second-order valence-corrected chi connectivity index (χ2v) is 23.9. The number of aliphatic hydroxyl groups is 11. The highest BCUT2D eigenvalue weighted by molar-refractivity contribution is 5.76. The summed E-state index contributed by atoms with van der Waals surface area (Å²) in [6.07, 6.45) is 31.9. The van der Waals surface area contributed by atoms with Crippen molar-refractivity contribution in [3.63, 3.8) is 0 Å². The van der Waals surface area contributed by atoms with Crippen molar-refractivity contribution >= 4 is 5.91 Å². The van der Waals surface area contributed by atoms with E-state index in [9.17, 15) is 61.0 Å².